The standard InChI is InChI=1S/C20H25N3.ClH/c1-4-10-17(11-5-1)19(18-12-6-2-7-13-18)16-23-20-21-14-8-3-9-15-22-20;/h1-2,4-7,10-13,19H,3,8-9,14-16H2,(H2,21,22,23);1H. The Morgan fingerprint density at radius 1 is 0.875 bits per heavy atom. The highest BCUT2D eigenvalue weighted by Gasteiger charge is 2.14. The molecular formula is C20H26ClN3. The van der Waals surface area contributed by atoms with Crippen molar-refractivity contribution in [3.8, 4) is 0 Å². The lowest BCUT2D eigenvalue weighted by Gasteiger charge is -2.21. The van der Waals surface area contributed by atoms with Crippen molar-refractivity contribution in [2.24, 2.45) is 4.99 Å². The zero-order valence-electron chi connectivity index (χ0n) is 13.9. The van der Waals surface area contributed by atoms with Gasteiger partial charge < -0.3 is 10.6 Å². The Morgan fingerprint density at radius 3 is 2.12 bits per heavy atom. The molecule has 0 amide bonds. The molecule has 2 aromatic carbocycles. The molecule has 128 valence electrons. The molecule has 0 fully saturated rings. The minimum atomic E-state index is 0. The van der Waals surface area contributed by atoms with Crippen LogP contribution in [0.4, 0.5) is 0 Å². The molecule has 3 nitrogen and oxygen atoms in total. The van der Waals surface area contributed by atoms with Crippen LogP contribution >= 0.6 is 12.4 Å². The summed E-state index contributed by atoms with van der Waals surface area (Å²) in [6.45, 7) is 2.77. The van der Waals surface area contributed by atoms with E-state index in [4.69, 9.17) is 0 Å². The van der Waals surface area contributed by atoms with Gasteiger partial charge in [0.15, 0.2) is 5.96 Å². The molecule has 0 spiro atoms. The van der Waals surface area contributed by atoms with E-state index in [1.165, 1.54) is 30.4 Å². The maximum Gasteiger partial charge on any atom is 0.191 e. The fourth-order valence-electron chi connectivity index (χ4n) is 2.98. The van der Waals surface area contributed by atoms with Gasteiger partial charge in [-0.05, 0) is 30.4 Å². The number of guanidine groups is 1. The zero-order valence-corrected chi connectivity index (χ0v) is 14.8. The predicted octanol–water partition coefficient (Wildman–Crippen LogP) is 3.96. The normalized spacial score (nSPS) is 14.6. The van der Waals surface area contributed by atoms with E-state index >= 15 is 0 Å². The molecule has 0 atom stereocenters. The van der Waals surface area contributed by atoms with Crippen LogP contribution in [0.15, 0.2) is 65.7 Å². The van der Waals surface area contributed by atoms with E-state index in [0.717, 1.165) is 25.6 Å². The second-order valence-electron chi connectivity index (χ2n) is 5.97. The molecule has 24 heavy (non-hydrogen) atoms. The van der Waals surface area contributed by atoms with Gasteiger partial charge >= 0.3 is 0 Å². The molecule has 1 heterocycles. The minimum absolute atomic E-state index is 0. The Balaban J connectivity index is 0.00000208. The largest absolute Gasteiger partial charge is 0.356 e. The fraction of sp³-hybridized carbons (Fsp3) is 0.350. The van der Waals surface area contributed by atoms with Crippen LogP contribution in [0, 0.1) is 0 Å². The average Bonchev–Trinajstić information content (AvgIpc) is 2.58. The quantitative estimate of drug-likeness (QED) is 0.881. The number of aliphatic imine (C=N–C) groups is 1. The molecule has 1 aliphatic rings. The average molecular weight is 344 g/mol. The molecule has 0 unspecified atom stereocenters. The maximum absolute atomic E-state index is 4.64. The van der Waals surface area contributed by atoms with Crippen LogP contribution in [0.25, 0.3) is 0 Å². The van der Waals surface area contributed by atoms with Gasteiger partial charge in [-0.25, -0.2) is 0 Å². The Labute approximate surface area is 151 Å². The highest BCUT2D eigenvalue weighted by Crippen LogP contribution is 2.23. The Kier molecular flexibility index (Phi) is 7.63. The molecule has 0 saturated carbocycles. The van der Waals surface area contributed by atoms with Crippen LogP contribution in [-0.4, -0.2) is 25.6 Å². The molecule has 3 rings (SSSR count). The molecule has 2 N–H and O–H groups in total. The summed E-state index contributed by atoms with van der Waals surface area (Å²) in [6, 6.07) is 21.4. The molecule has 0 saturated heterocycles. The minimum Gasteiger partial charge on any atom is -0.356 e. The Morgan fingerprint density at radius 2 is 1.50 bits per heavy atom. The summed E-state index contributed by atoms with van der Waals surface area (Å²) in [5.41, 5.74) is 2.66. The SMILES string of the molecule is Cl.c1ccc(C(CNC2=NCCCCCN2)c2ccccc2)cc1. The highest BCUT2D eigenvalue weighted by molar-refractivity contribution is 5.85. The smallest absolute Gasteiger partial charge is 0.191 e. The van der Waals surface area contributed by atoms with Crippen molar-refractivity contribution < 1.29 is 0 Å². The fourth-order valence-corrected chi connectivity index (χ4v) is 2.98. The molecule has 1 aliphatic heterocycles. The van der Waals surface area contributed by atoms with E-state index in [1.807, 2.05) is 0 Å². The number of hydrogen-bond acceptors (Lipinski definition) is 3. The summed E-state index contributed by atoms with van der Waals surface area (Å²) in [5, 5.41) is 6.94. The lowest BCUT2D eigenvalue weighted by atomic mass is 9.91. The van der Waals surface area contributed by atoms with E-state index in [0.29, 0.717) is 5.92 Å². The first-order chi connectivity index (χ1) is 11.4. The maximum atomic E-state index is 4.64. The van der Waals surface area contributed by atoms with Gasteiger partial charge in [-0.15, -0.1) is 12.4 Å². The van der Waals surface area contributed by atoms with Crippen molar-refractivity contribution in [2.45, 2.75) is 25.2 Å². The van der Waals surface area contributed by atoms with E-state index in [9.17, 15) is 0 Å². The number of hydrogen-bond donors (Lipinski definition) is 2. The molecule has 0 aromatic heterocycles. The molecule has 2 aromatic rings. The summed E-state index contributed by atoms with van der Waals surface area (Å²) < 4.78 is 0. The molecule has 0 bridgehead atoms. The first kappa shape index (κ1) is 18.3. The molecule has 0 radical (unpaired) electrons. The summed E-state index contributed by atoms with van der Waals surface area (Å²) in [7, 11) is 0. The molecule has 4 heteroatoms. The highest BCUT2D eigenvalue weighted by atomic mass is 35.5. The predicted molar refractivity (Wildman–Crippen MR) is 104 cm³/mol. The van der Waals surface area contributed by atoms with Crippen LogP contribution in [0.1, 0.15) is 36.3 Å². The van der Waals surface area contributed by atoms with Crippen LogP contribution in [0.3, 0.4) is 0 Å². The number of nitrogens with one attached hydrogen (secondary N) is 2. The molecule has 0 aliphatic carbocycles. The van der Waals surface area contributed by atoms with Crippen LogP contribution in [0.5, 0.6) is 0 Å². The number of benzene rings is 2. The van der Waals surface area contributed by atoms with Gasteiger partial charge in [-0.2, -0.15) is 0 Å². The Bertz CT molecular complexity index is 574. The van der Waals surface area contributed by atoms with E-state index < -0.39 is 0 Å². The topological polar surface area (TPSA) is 36.4 Å². The van der Waals surface area contributed by atoms with Crippen LogP contribution < -0.4 is 10.6 Å². The third-order valence-corrected chi connectivity index (χ3v) is 4.27. The van der Waals surface area contributed by atoms with Gasteiger partial charge in [0.1, 0.15) is 0 Å². The van der Waals surface area contributed by atoms with Gasteiger partial charge in [0.25, 0.3) is 0 Å². The van der Waals surface area contributed by atoms with E-state index in [-0.39, 0.29) is 12.4 Å². The van der Waals surface area contributed by atoms with Crippen molar-refractivity contribution in [1.29, 1.82) is 0 Å². The van der Waals surface area contributed by atoms with Gasteiger partial charge in [0.05, 0.1) is 0 Å². The number of halogens is 1. The van der Waals surface area contributed by atoms with Crippen molar-refractivity contribution >= 4 is 18.4 Å². The first-order valence-corrected chi connectivity index (χ1v) is 8.55. The van der Waals surface area contributed by atoms with Gasteiger partial charge in [-0.3, -0.25) is 4.99 Å². The summed E-state index contributed by atoms with van der Waals surface area (Å²) in [5.74, 6) is 1.27. The van der Waals surface area contributed by atoms with Gasteiger partial charge in [0, 0.05) is 25.6 Å². The van der Waals surface area contributed by atoms with Gasteiger partial charge in [0.2, 0.25) is 0 Å². The van der Waals surface area contributed by atoms with E-state index in [2.05, 4.69) is 76.3 Å². The molecular weight excluding hydrogens is 318 g/mol. The number of nitrogens with zero attached hydrogens (tertiary/aromatic N) is 1. The summed E-state index contributed by atoms with van der Waals surface area (Å²) in [4.78, 5) is 4.64. The van der Waals surface area contributed by atoms with Crippen molar-refractivity contribution in [2.75, 3.05) is 19.6 Å². The third-order valence-electron chi connectivity index (χ3n) is 4.27. The monoisotopic (exact) mass is 343 g/mol. The second-order valence-corrected chi connectivity index (χ2v) is 5.97. The Hall–Kier alpha value is -2.00. The second kappa shape index (κ2) is 9.99. The van der Waals surface area contributed by atoms with Crippen LogP contribution in [0.2, 0.25) is 0 Å². The lowest BCUT2D eigenvalue weighted by molar-refractivity contribution is 0.631. The van der Waals surface area contributed by atoms with Crippen molar-refractivity contribution in [3.05, 3.63) is 71.8 Å². The van der Waals surface area contributed by atoms with Gasteiger partial charge in [-0.1, -0.05) is 60.7 Å². The first-order valence-electron chi connectivity index (χ1n) is 8.55. The summed E-state index contributed by atoms with van der Waals surface area (Å²) in [6.07, 6.45) is 3.68. The van der Waals surface area contributed by atoms with Crippen LogP contribution in [-0.2, 0) is 0 Å². The van der Waals surface area contributed by atoms with E-state index in [1.54, 1.807) is 0 Å². The van der Waals surface area contributed by atoms with Crippen molar-refractivity contribution in [3.63, 3.8) is 0 Å². The number of rotatable bonds is 4. The summed E-state index contributed by atoms with van der Waals surface area (Å²) >= 11 is 0. The lowest BCUT2D eigenvalue weighted by Crippen LogP contribution is -2.40. The third kappa shape index (κ3) is 5.27. The zero-order chi connectivity index (χ0) is 15.7. The van der Waals surface area contributed by atoms with Crippen molar-refractivity contribution in [1.82, 2.24) is 10.6 Å².